The second-order valence-electron chi connectivity index (χ2n) is 10.00. The SMILES string of the molecule is CCCCCCCCCCCCCCN1C=CN(CC)C1CCCCCCCCCC. The highest BCUT2D eigenvalue weighted by atomic mass is 15.4. The molecule has 0 aromatic rings. The highest BCUT2D eigenvalue weighted by Gasteiger charge is 2.23. The lowest BCUT2D eigenvalue weighted by Crippen LogP contribution is -2.38. The molecule has 0 aromatic carbocycles. The van der Waals surface area contributed by atoms with Gasteiger partial charge in [-0.3, -0.25) is 0 Å². The van der Waals surface area contributed by atoms with Gasteiger partial charge in [0.05, 0.1) is 0 Å². The second kappa shape index (κ2) is 21.2. The van der Waals surface area contributed by atoms with Gasteiger partial charge in [-0.2, -0.15) is 0 Å². The van der Waals surface area contributed by atoms with Gasteiger partial charge in [0.15, 0.2) is 0 Å². The molecule has 0 saturated carbocycles. The summed E-state index contributed by atoms with van der Waals surface area (Å²) in [6.45, 7) is 9.31. The van der Waals surface area contributed by atoms with Gasteiger partial charge < -0.3 is 9.80 Å². The number of hydrogen-bond donors (Lipinski definition) is 0. The molecule has 1 heterocycles. The molecule has 2 nitrogen and oxygen atoms in total. The first-order valence-electron chi connectivity index (χ1n) is 14.5. The van der Waals surface area contributed by atoms with E-state index in [4.69, 9.17) is 0 Å². The van der Waals surface area contributed by atoms with E-state index in [1.165, 1.54) is 141 Å². The predicted octanol–water partition coefficient (Wildman–Crippen LogP) is 9.65. The number of unbranched alkanes of at least 4 members (excludes halogenated alkanes) is 18. The van der Waals surface area contributed by atoms with Gasteiger partial charge in [-0.05, 0) is 26.2 Å². The van der Waals surface area contributed by atoms with Gasteiger partial charge in [-0.1, -0.05) is 129 Å². The summed E-state index contributed by atoms with van der Waals surface area (Å²) >= 11 is 0. The van der Waals surface area contributed by atoms with Gasteiger partial charge in [0.25, 0.3) is 0 Å². The van der Waals surface area contributed by atoms with Crippen molar-refractivity contribution < 1.29 is 0 Å². The van der Waals surface area contributed by atoms with Crippen molar-refractivity contribution in [3.8, 4) is 0 Å². The van der Waals surface area contributed by atoms with E-state index in [0.717, 1.165) is 6.54 Å². The lowest BCUT2D eigenvalue weighted by atomic mass is 10.0. The van der Waals surface area contributed by atoms with Crippen molar-refractivity contribution >= 4 is 0 Å². The van der Waals surface area contributed by atoms with Gasteiger partial charge >= 0.3 is 0 Å². The fourth-order valence-corrected chi connectivity index (χ4v) is 5.03. The third-order valence-corrected chi connectivity index (χ3v) is 7.17. The average Bonchev–Trinajstić information content (AvgIpc) is 3.18. The van der Waals surface area contributed by atoms with E-state index in [1.54, 1.807) is 0 Å². The van der Waals surface area contributed by atoms with Crippen molar-refractivity contribution in [2.75, 3.05) is 13.1 Å². The van der Waals surface area contributed by atoms with Crippen LogP contribution in [0.4, 0.5) is 0 Å². The molecule has 0 radical (unpaired) electrons. The number of hydrogen-bond acceptors (Lipinski definition) is 2. The predicted molar refractivity (Wildman–Crippen MR) is 140 cm³/mol. The molecular weight excluding hydrogens is 376 g/mol. The van der Waals surface area contributed by atoms with Crippen molar-refractivity contribution in [1.82, 2.24) is 9.80 Å². The van der Waals surface area contributed by atoms with E-state index in [9.17, 15) is 0 Å². The Morgan fingerprint density at radius 2 is 0.839 bits per heavy atom. The van der Waals surface area contributed by atoms with Crippen LogP contribution < -0.4 is 0 Å². The van der Waals surface area contributed by atoms with Crippen molar-refractivity contribution in [1.29, 1.82) is 0 Å². The molecule has 0 aromatic heterocycles. The van der Waals surface area contributed by atoms with E-state index in [-0.39, 0.29) is 0 Å². The molecule has 0 bridgehead atoms. The summed E-state index contributed by atoms with van der Waals surface area (Å²) in [7, 11) is 0. The highest BCUT2D eigenvalue weighted by molar-refractivity contribution is 4.96. The molecule has 0 fully saturated rings. The molecule has 2 heteroatoms. The molecule has 0 saturated heterocycles. The molecule has 1 aliphatic rings. The van der Waals surface area contributed by atoms with Gasteiger partial charge in [0.1, 0.15) is 6.17 Å². The smallest absolute Gasteiger partial charge is 0.101 e. The van der Waals surface area contributed by atoms with E-state index in [2.05, 4.69) is 43.0 Å². The molecule has 0 aliphatic carbocycles. The third-order valence-electron chi connectivity index (χ3n) is 7.17. The van der Waals surface area contributed by atoms with Crippen LogP contribution in [0, 0.1) is 0 Å². The van der Waals surface area contributed by atoms with Gasteiger partial charge in [0, 0.05) is 25.5 Å². The minimum Gasteiger partial charge on any atom is -0.356 e. The van der Waals surface area contributed by atoms with Crippen LogP contribution in [-0.2, 0) is 0 Å². The number of nitrogens with zero attached hydrogens (tertiary/aromatic N) is 2. The topological polar surface area (TPSA) is 6.48 Å². The molecular formula is C29H58N2. The minimum absolute atomic E-state index is 0.637. The Morgan fingerprint density at radius 1 is 0.452 bits per heavy atom. The molecule has 1 aliphatic heterocycles. The van der Waals surface area contributed by atoms with Gasteiger partial charge in [-0.15, -0.1) is 0 Å². The van der Waals surface area contributed by atoms with Crippen molar-refractivity contribution in [2.45, 2.75) is 162 Å². The first-order valence-corrected chi connectivity index (χ1v) is 14.5. The summed E-state index contributed by atoms with van der Waals surface area (Å²) in [5.41, 5.74) is 0. The maximum absolute atomic E-state index is 2.64. The zero-order valence-corrected chi connectivity index (χ0v) is 21.9. The van der Waals surface area contributed by atoms with Crippen molar-refractivity contribution in [3.05, 3.63) is 12.4 Å². The summed E-state index contributed by atoms with van der Waals surface area (Å²) in [6, 6.07) is 0. The van der Waals surface area contributed by atoms with Gasteiger partial charge in [-0.25, -0.2) is 0 Å². The Kier molecular flexibility index (Phi) is 19.4. The molecule has 184 valence electrons. The van der Waals surface area contributed by atoms with Crippen LogP contribution in [0.3, 0.4) is 0 Å². The summed E-state index contributed by atoms with van der Waals surface area (Å²) in [4.78, 5) is 5.20. The van der Waals surface area contributed by atoms with Crippen LogP contribution in [0.5, 0.6) is 0 Å². The van der Waals surface area contributed by atoms with Crippen LogP contribution in [-0.4, -0.2) is 29.1 Å². The Morgan fingerprint density at radius 3 is 1.29 bits per heavy atom. The van der Waals surface area contributed by atoms with E-state index < -0.39 is 0 Å². The average molecular weight is 435 g/mol. The Hall–Kier alpha value is -0.660. The maximum Gasteiger partial charge on any atom is 0.101 e. The third kappa shape index (κ3) is 14.9. The zero-order valence-electron chi connectivity index (χ0n) is 21.9. The Balaban J connectivity index is 2.01. The van der Waals surface area contributed by atoms with Crippen LogP contribution in [0.1, 0.15) is 156 Å². The number of rotatable bonds is 23. The van der Waals surface area contributed by atoms with Crippen LogP contribution in [0.2, 0.25) is 0 Å². The Bertz CT molecular complexity index is 392. The standard InChI is InChI=1S/C29H58N2/c1-4-7-9-11-13-15-16-17-18-20-22-24-26-31-28-27-30(6-3)29(31)25-23-21-19-14-12-10-8-5-2/h27-29H,4-26H2,1-3H3. The summed E-state index contributed by atoms with van der Waals surface area (Å²) in [5, 5.41) is 0. The largest absolute Gasteiger partial charge is 0.356 e. The van der Waals surface area contributed by atoms with Crippen LogP contribution in [0.15, 0.2) is 12.4 Å². The second-order valence-corrected chi connectivity index (χ2v) is 10.00. The van der Waals surface area contributed by atoms with Crippen molar-refractivity contribution in [3.63, 3.8) is 0 Å². The van der Waals surface area contributed by atoms with Crippen LogP contribution in [0.25, 0.3) is 0 Å². The molecule has 0 spiro atoms. The summed E-state index contributed by atoms with van der Waals surface area (Å²) < 4.78 is 0. The highest BCUT2D eigenvalue weighted by Crippen LogP contribution is 2.22. The fourth-order valence-electron chi connectivity index (χ4n) is 5.03. The van der Waals surface area contributed by atoms with E-state index in [1.807, 2.05) is 0 Å². The minimum atomic E-state index is 0.637. The van der Waals surface area contributed by atoms with Crippen molar-refractivity contribution in [2.24, 2.45) is 0 Å². The summed E-state index contributed by atoms with van der Waals surface area (Å²) in [6.07, 6.45) is 35.3. The zero-order chi connectivity index (χ0) is 22.4. The van der Waals surface area contributed by atoms with E-state index in [0.29, 0.717) is 6.17 Å². The Labute approximate surface area is 197 Å². The molecule has 31 heavy (non-hydrogen) atoms. The maximum atomic E-state index is 2.64. The first-order chi connectivity index (χ1) is 15.3. The fraction of sp³-hybridized carbons (Fsp3) is 0.931. The molecule has 1 rings (SSSR count). The quantitative estimate of drug-likeness (QED) is 0.148. The normalized spacial score (nSPS) is 16.0. The molecule has 0 amide bonds. The molecule has 0 N–H and O–H groups in total. The van der Waals surface area contributed by atoms with Gasteiger partial charge in [0.2, 0.25) is 0 Å². The molecule has 1 atom stereocenters. The lowest BCUT2D eigenvalue weighted by Gasteiger charge is -2.32. The van der Waals surface area contributed by atoms with Crippen LogP contribution >= 0.6 is 0 Å². The first kappa shape index (κ1) is 28.4. The lowest BCUT2D eigenvalue weighted by molar-refractivity contribution is 0.142. The molecule has 1 unspecified atom stereocenters. The van der Waals surface area contributed by atoms with E-state index >= 15 is 0 Å². The monoisotopic (exact) mass is 434 g/mol. The summed E-state index contributed by atoms with van der Waals surface area (Å²) in [5.74, 6) is 0.